The highest BCUT2D eigenvalue weighted by Crippen LogP contribution is 2.21. The number of esters is 3. The molecule has 0 N–H and O–H groups in total. The molecule has 0 aliphatic carbocycles. The quantitative estimate of drug-likeness (QED) is 0.0982. The second-order valence-electron chi connectivity index (χ2n) is 10.8. The zero-order valence-corrected chi connectivity index (χ0v) is 24.5. The molecule has 0 aromatic rings. The first kappa shape index (κ1) is 33.9. The summed E-state index contributed by atoms with van der Waals surface area (Å²) in [7, 11) is 0. The standard InChI is InChI=1S/C30H53NO7/c1-5-7-9-11-13-15-17-28(33)36-22-26(23-37-29(34)18-16-14-12-10-8-6-2)20-30(35)38-27-19-24(3)31(21-27)25(4)32/h24,26-27H,5-23H2,1-4H3. The molecule has 8 heteroatoms. The molecule has 1 aliphatic rings. The topological polar surface area (TPSA) is 99.2 Å². The molecule has 1 aliphatic heterocycles. The second kappa shape index (κ2) is 20.8. The Balaban J connectivity index is 2.49. The molecule has 2 atom stereocenters. The predicted octanol–water partition coefficient (Wildman–Crippen LogP) is 6.13. The van der Waals surface area contributed by atoms with Crippen molar-refractivity contribution in [3.63, 3.8) is 0 Å². The van der Waals surface area contributed by atoms with Gasteiger partial charge in [-0.3, -0.25) is 19.2 Å². The summed E-state index contributed by atoms with van der Waals surface area (Å²) in [5.41, 5.74) is 0. The first-order chi connectivity index (χ1) is 18.3. The van der Waals surface area contributed by atoms with Gasteiger partial charge in [-0.2, -0.15) is 0 Å². The van der Waals surface area contributed by atoms with Crippen molar-refractivity contribution >= 4 is 23.8 Å². The van der Waals surface area contributed by atoms with Crippen LogP contribution in [0, 0.1) is 5.92 Å². The number of carbonyl (C=O) groups excluding carboxylic acids is 4. The van der Waals surface area contributed by atoms with E-state index in [0.717, 1.165) is 38.5 Å². The van der Waals surface area contributed by atoms with Crippen molar-refractivity contribution in [2.24, 2.45) is 5.92 Å². The lowest BCUT2D eigenvalue weighted by Gasteiger charge is -2.19. The van der Waals surface area contributed by atoms with Crippen molar-refractivity contribution in [2.45, 2.75) is 143 Å². The summed E-state index contributed by atoms with van der Waals surface area (Å²) >= 11 is 0. The van der Waals surface area contributed by atoms with Crippen LogP contribution in [0.2, 0.25) is 0 Å². The van der Waals surface area contributed by atoms with Crippen LogP contribution in [0.1, 0.15) is 130 Å². The molecule has 1 saturated heterocycles. The zero-order chi connectivity index (χ0) is 28.2. The second-order valence-corrected chi connectivity index (χ2v) is 10.8. The van der Waals surface area contributed by atoms with Gasteiger partial charge in [0, 0.05) is 38.1 Å². The van der Waals surface area contributed by atoms with Gasteiger partial charge in [0.05, 0.1) is 26.2 Å². The molecule has 220 valence electrons. The lowest BCUT2D eigenvalue weighted by Crippen LogP contribution is -2.33. The number of likely N-dealkylation sites (tertiary alicyclic amines) is 1. The minimum atomic E-state index is -0.466. The third-order valence-electron chi connectivity index (χ3n) is 7.12. The first-order valence-electron chi connectivity index (χ1n) is 15.0. The highest BCUT2D eigenvalue weighted by Gasteiger charge is 2.33. The molecular weight excluding hydrogens is 486 g/mol. The number of ether oxygens (including phenoxy) is 3. The van der Waals surface area contributed by atoms with E-state index >= 15 is 0 Å². The van der Waals surface area contributed by atoms with Gasteiger partial charge < -0.3 is 19.1 Å². The molecule has 1 amide bonds. The molecule has 38 heavy (non-hydrogen) atoms. The molecule has 0 aromatic heterocycles. The smallest absolute Gasteiger partial charge is 0.306 e. The van der Waals surface area contributed by atoms with Crippen LogP contribution in [0.15, 0.2) is 0 Å². The van der Waals surface area contributed by atoms with Crippen molar-refractivity contribution in [3.05, 3.63) is 0 Å². The maximum absolute atomic E-state index is 12.7. The van der Waals surface area contributed by atoms with Crippen LogP contribution in [0.4, 0.5) is 0 Å². The molecule has 8 nitrogen and oxygen atoms in total. The van der Waals surface area contributed by atoms with E-state index in [9.17, 15) is 19.2 Å². The number of unbranched alkanes of at least 4 members (excludes halogenated alkanes) is 10. The van der Waals surface area contributed by atoms with E-state index in [4.69, 9.17) is 14.2 Å². The molecule has 0 bridgehead atoms. The van der Waals surface area contributed by atoms with E-state index in [2.05, 4.69) is 13.8 Å². The molecule has 2 unspecified atom stereocenters. The maximum Gasteiger partial charge on any atom is 0.306 e. The Morgan fingerprint density at radius 3 is 1.66 bits per heavy atom. The number of carbonyl (C=O) groups is 4. The molecule has 0 spiro atoms. The van der Waals surface area contributed by atoms with Crippen LogP contribution in [0.3, 0.4) is 0 Å². The minimum Gasteiger partial charge on any atom is -0.465 e. The van der Waals surface area contributed by atoms with Gasteiger partial charge in [0.2, 0.25) is 5.91 Å². The zero-order valence-electron chi connectivity index (χ0n) is 24.5. The monoisotopic (exact) mass is 539 g/mol. The summed E-state index contributed by atoms with van der Waals surface area (Å²) in [6, 6.07) is 0.0203. The number of hydrogen-bond donors (Lipinski definition) is 0. The summed E-state index contributed by atoms with van der Waals surface area (Å²) in [4.78, 5) is 50.6. The van der Waals surface area contributed by atoms with E-state index < -0.39 is 11.9 Å². The highest BCUT2D eigenvalue weighted by atomic mass is 16.6. The summed E-state index contributed by atoms with van der Waals surface area (Å²) < 4.78 is 16.5. The third-order valence-corrected chi connectivity index (χ3v) is 7.12. The van der Waals surface area contributed by atoms with Crippen molar-refractivity contribution in [1.29, 1.82) is 0 Å². The molecule has 1 heterocycles. The van der Waals surface area contributed by atoms with Gasteiger partial charge in [0.1, 0.15) is 6.10 Å². The van der Waals surface area contributed by atoms with Gasteiger partial charge in [-0.05, 0) is 19.8 Å². The Hall–Kier alpha value is -2.12. The Morgan fingerprint density at radius 1 is 0.737 bits per heavy atom. The average molecular weight is 540 g/mol. The summed E-state index contributed by atoms with van der Waals surface area (Å²) in [6.07, 6.45) is 13.9. The van der Waals surface area contributed by atoms with Crippen LogP contribution in [0.5, 0.6) is 0 Å². The summed E-state index contributed by atoms with van der Waals surface area (Å²) in [5.74, 6) is -1.52. The molecular formula is C30H53NO7. The van der Waals surface area contributed by atoms with Crippen molar-refractivity contribution in [1.82, 2.24) is 4.90 Å². The summed E-state index contributed by atoms with van der Waals surface area (Å²) in [6.45, 7) is 8.19. The number of rotatable bonds is 21. The van der Waals surface area contributed by atoms with E-state index in [0.29, 0.717) is 25.8 Å². The number of nitrogens with zero attached hydrogens (tertiary/aromatic N) is 1. The summed E-state index contributed by atoms with van der Waals surface area (Å²) in [5, 5.41) is 0. The van der Waals surface area contributed by atoms with Crippen LogP contribution < -0.4 is 0 Å². The molecule has 1 rings (SSSR count). The van der Waals surface area contributed by atoms with Gasteiger partial charge >= 0.3 is 17.9 Å². The average Bonchev–Trinajstić information content (AvgIpc) is 3.24. The van der Waals surface area contributed by atoms with E-state index in [1.54, 1.807) is 4.90 Å². The van der Waals surface area contributed by atoms with Gasteiger partial charge in [-0.1, -0.05) is 78.1 Å². The minimum absolute atomic E-state index is 0.00864. The Labute approximate surface area is 230 Å². The van der Waals surface area contributed by atoms with Crippen LogP contribution in [-0.2, 0) is 33.4 Å². The largest absolute Gasteiger partial charge is 0.465 e. The Kier molecular flexibility index (Phi) is 18.6. The predicted molar refractivity (Wildman–Crippen MR) is 147 cm³/mol. The van der Waals surface area contributed by atoms with Gasteiger partial charge in [-0.25, -0.2) is 0 Å². The van der Waals surface area contributed by atoms with Crippen LogP contribution in [0.25, 0.3) is 0 Å². The van der Waals surface area contributed by atoms with E-state index in [-0.39, 0.29) is 49.6 Å². The van der Waals surface area contributed by atoms with Gasteiger partial charge in [-0.15, -0.1) is 0 Å². The normalized spacial score (nSPS) is 17.0. The lowest BCUT2D eigenvalue weighted by molar-refractivity contribution is -0.157. The fourth-order valence-electron chi connectivity index (χ4n) is 4.81. The molecule has 0 aromatic carbocycles. The third kappa shape index (κ3) is 16.0. The number of hydrogen-bond acceptors (Lipinski definition) is 7. The van der Waals surface area contributed by atoms with Crippen molar-refractivity contribution in [3.8, 4) is 0 Å². The Bertz CT molecular complexity index is 664. The van der Waals surface area contributed by atoms with E-state index in [1.165, 1.54) is 45.4 Å². The lowest BCUT2D eigenvalue weighted by atomic mass is 10.1. The maximum atomic E-state index is 12.7. The highest BCUT2D eigenvalue weighted by molar-refractivity contribution is 5.74. The van der Waals surface area contributed by atoms with E-state index in [1.807, 2.05) is 6.92 Å². The SMILES string of the molecule is CCCCCCCCC(=O)OCC(COC(=O)CCCCCCCC)CC(=O)OC1CC(C)N(C(C)=O)C1. The first-order valence-corrected chi connectivity index (χ1v) is 15.0. The molecule has 1 fully saturated rings. The van der Waals surface area contributed by atoms with Crippen LogP contribution >= 0.6 is 0 Å². The fraction of sp³-hybridized carbons (Fsp3) is 0.867. The fourth-order valence-corrected chi connectivity index (χ4v) is 4.81. The number of amides is 1. The van der Waals surface area contributed by atoms with Gasteiger partial charge in [0.15, 0.2) is 0 Å². The Morgan fingerprint density at radius 2 is 1.21 bits per heavy atom. The van der Waals surface area contributed by atoms with Crippen LogP contribution in [-0.4, -0.2) is 60.6 Å². The van der Waals surface area contributed by atoms with Crippen molar-refractivity contribution in [2.75, 3.05) is 19.8 Å². The molecule has 0 saturated carbocycles. The van der Waals surface area contributed by atoms with Crippen molar-refractivity contribution < 1.29 is 33.4 Å². The molecule has 0 radical (unpaired) electrons. The van der Waals surface area contributed by atoms with Gasteiger partial charge in [0.25, 0.3) is 0 Å².